The van der Waals surface area contributed by atoms with E-state index in [2.05, 4.69) is 4.98 Å². The normalized spacial score (nSPS) is 21.5. The molecule has 1 fully saturated rings. The number of nitrogens with two attached hydrogens (primary N) is 1. The lowest BCUT2D eigenvalue weighted by Crippen LogP contribution is -2.39. The fourth-order valence-corrected chi connectivity index (χ4v) is 1.97. The fraction of sp³-hybridized carbons (Fsp3) is 0.500. The van der Waals surface area contributed by atoms with Crippen LogP contribution in [0.1, 0.15) is 23.2 Å². The van der Waals surface area contributed by atoms with Crippen LogP contribution in [0.3, 0.4) is 0 Å². The Morgan fingerprint density at radius 1 is 1.71 bits per heavy atom. The number of aromatic amines is 1. The van der Waals surface area contributed by atoms with E-state index in [1.165, 1.54) is 0 Å². The quantitative estimate of drug-likeness (QED) is 0.721. The summed E-state index contributed by atoms with van der Waals surface area (Å²) in [4.78, 5) is 16.7. The number of hydrogen-bond acceptors (Lipinski definition) is 2. The molecule has 1 aliphatic heterocycles. The molecule has 2 rings (SSSR count). The summed E-state index contributed by atoms with van der Waals surface area (Å²) in [5.74, 6) is 0.0965. The Kier molecular flexibility index (Phi) is 2.54. The van der Waals surface area contributed by atoms with Crippen molar-refractivity contribution in [1.82, 2.24) is 9.88 Å². The van der Waals surface area contributed by atoms with Gasteiger partial charge in [0.05, 0.1) is 5.56 Å². The number of aromatic nitrogens is 1. The highest BCUT2D eigenvalue weighted by Crippen LogP contribution is 2.18. The minimum Gasteiger partial charge on any atom is -0.367 e. The molecular formula is C10H15N3O. The number of nitrogens with zero attached hydrogens (tertiary/aromatic N) is 1. The third kappa shape index (κ3) is 1.53. The lowest BCUT2D eigenvalue weighted by Gasteiger charge is -2.22. The first-order valence-corrected chi connectivity index (χ1v) is 4.96. The molecule has 1 aliphatic rings. The van der Waals surface area contributed by atoms with Crippen LogP contribution in [0.4, 0.5) is 0 Å². The van der Waals surface area contributed by atoms with Crippen LogP contribution in [0.2, 0.25) is 0 Å². The maximum Gasteiger partial charge on any atom is 0.255 e. The van der Waals surface area contributed by atoms with Crippen molar-refractivity contribution in [3.05, 3.63) is 24.0 Å². The van der Waals surface area contributed by atoms with Gasteiger partial charge in [-0.2, -0.15) is 0 Å². The Hall–Kier alpha value is -1.29. The topological polar surface area (TPSA) is 62.1 Å². The smallest absolute Gasteiger partial charge is 0.255 e. The molecule has 0 bridgehead atoms. The van der Waals surface area contributed by atoms with Crippen LogP contribution >= 0.6 is 0 Å². The summed E-state index contributed by atoms with van der Waals surface area (Å²) in [6.07, 6.45) is 5.60. The van der Waals surface area contributed by atoms with E-state index in [1.54, 1.807) is 18.5 Å². The number of nitrogens with one attached hydrogen (secondary N) is 1. The van der Waals surface area contributed by atoms with Crippen molar-refractivity contribution in [2.24, 2.45) is 5.73 Å². The highest BCUT2D eigenvalue weighted by molar-refractivity contribution is 5.94. The summed E-state index contributed by atoms with van der Waals surface area (Å²) in [5, 5.41) is 0. The first kappa shape index (κ1) is 9.27. The van der Waals surface area contributed by atoms with E-state index in [0.29, 0.717) is 6.54 Å². The van der Waals surface area contributed by atoms with Crippen molar-refractivity contribution in [2.45, 2.75) is 18.9 Å². The van der Waals surface area contributed by atoms with Gasteiger partial charge >= 0.3 is 0 Å². The summed E-state index contributed by atoms with van der Waals surface area (Å²) in [6.45, 7) is 1.40. The third-order valence-corrected chi connectivity index (χ3v) is 2.75. The summed E-state index contributed by atoms with van der Waals surface area (Å²) in [5.41, 5.74) is 6.34. The van der Waals surface area contributed by atoms with Gasteiger partial charge in [-0.3, -0.25) is 4.79 Å². The van der Waals surface area contributed by atoms with E-state index in [0.717, 1.165) is 24.9 Å². The van der Waals surface area contributed by atoms with Crippen LogP contribution in [-0.4, -0.2) is 34.9 Å². The summed E-state index contributed by atoms with van der Waals surface area (Å²) in [7, 11) is 0. The molecule has 0 spiro atoms. The zero-order chi connectivity index (χ0) is 9.97. The van der Waals surface area contributed by atoms with Crippen molar-refractivity contribution >= 4 is 5.91 Å². The Morgan fingerprint density at radius 2 is 2.57 bits per heavy atom. The van der Waals surface area contributed by atoms with Gasteiger partial charge in [-0.1, -0.05) is 0 Å². The van der Waals surface area contributed by atoms with Gasteiger partial charge in [0.2, 0.25) is 0 Å². The zero-order valence-corrected chi connectivity index (χ0v) is 8.07. The van der Waals surface area contributed by atoms with Crippen molar-refractivity contribution in [3.8, 4) is 0 Å². The van der Waals surface area contributed by atoms with Gasteiger partial charge in [-0.05, 0) is 18.9 Å². The molecule has 0 aliphatic carbocycles. The molecule has 0 saturated carbocycles. The maximum absolute atomic E-state index is 11.9. The van der Waals surface area contributed by atoms with E-state index >= 15 is 0 Å². The second kappa shape index (κ2) is 3.84. The molecule has 1 unspecified atom stereocenters. The van der Waals surface area contributed by atoms with Gasteiger partial charge in [0, 0.05) is 31.5 Å². The highest BCUT2D eigenvalue weighted by Gasteiger charge is 2.28. The second-order valence-electron chi connectivity index (χ2n) is 3.63. The first-order valence-electron chi connectivity index (χ1n) is 4.96. The van der Waals surface area contributed by atoms with Crippen LogP contribution in [0, 0.1) is 0 Å². The van der Waals surface area contributed by atoms with E-state index in [4.69, 9.17) is 5.73 Å². The predicted octanol–water partition coefficient (Wildman–Crippen LogP) is 0.578. The van der Waals surface area contributed by atoms with E-state index in [1.807, 2.05) is 4.90 Å². The minimum atomic E-state index is 0.0965. The van der Waals surface area contributed by atoms with Crippen molar-refractivity contribution in [1.29, 1.82) is 0 Å². The largest absolute Gasteiger partial charge is 0.367 e. The van der Waals surface area contributed by atoms with Crippen molar-refractivity contribution in [3.63, 3.8) is 0 Å². The Morgan fingerprint density at radius 3 is 3.21 bits per heavy atom. The molecule has 0 radical (unpaired) electrons. The zero-order valence-electron chi connectivity index (χ0n) is 8.07. The number of likely N-dealkylation sites (tertiary alicyclic amines) is 1. The molecule has 14 heavy (non-hydrogen) atoms. The van der Waals surface area contributed by atoms with Crippen LogP contribution in [0.25, 0.3) is 0 Å². The average Bonchev–Trinajstić information content (AvgIpc) is 2.87. The molecule has 0 aromatic carbocycles. The Labute approximate surface area is 83.1 Å². The molecule has 4 nitrogen and oxygen atoms in total. The monoisotopic (exact) mass is 193 g/mol. The van der Waals surface area contributed by atoms with Crippen molar-refractivity contribution in [2.75, 3.05) is 13.1 Å². The van der Waals surface area contributed by atoms with Gasteiger partial charge in [0.1, 0.15) is 0 Å². The predicted molar refractivity (Wildman–Crippen MR) is 53.9 cm³/mol. The third-order valence-electron chi connectivity index (χ3n) is 2.75. The number of rotatable bonds is 2. The molecule has 1 aromatic rings. The van der Waals surface area contributed by atoms with Crippen LogP contribution < -0.4 is 5.73 Å². The molecule has 3 N–H and O–H groups in total. The van der Waals surface area contributed by atoms with Crippen LogP contribution in [0.5, 0.6) is 0 Å². The van der Waals surface area contributed by atoms with Crippen molar-refractivity contribution < 1.29 is 4.79 Å². The number of H-pyrrole nitrogens is 1. The highest BCUT2D eigenvalue weighted by atomic mass is 16.2. The van der Waals surface area contributed by atoms with Gasteiger partial charge in [0.25, 0.3) is 5.91 Å². The Bertz CT molecular complexity index is 307. The molecule has 4 heteroatoms. The van der Waals surface area contributed by atoms with E-state index in [-0.39, 0.29) is 11.9 Å². The van der Waals surface area contributed by atoms with E-state index in [9.17, 15) is 4.79 Å². The number of carbonyl (C=O) groups is 1. The SMILES string of the molecule is NCC1CCCN1C(=O)c1cc[nH]c1. The molecule has 1 amide bonds. The summed E-state index contributed by atoms with van der Waals surface area (Å²) >= 11 is 0. The van der Waals surface area contributed by atoms with Crippen LogP contribution in [-0.2, 0) is 0 Å². The van der Waals surface area contributed by atoms with Gasteiger partial charge < -0.3 is 15.6 Å². The van der Waals surface area contributed by atoms with Gasteiger partial charge in [-0.15, -0.1) is 0 Å². The number of carbonyl (C=O) groups excluding carboxylic acids is 1. The minimum absolute atomic E-state index is 0.0965. The number of amides is 1. The molecule has 1 aromatic heterocycles. The molecule has 2 heterocycles. The lowest BCUT2D eigenvalue weighted by molar-refractivity contribution is 0.0741. The lowest BCUT2D eigenvalue weighted by atomic mass is 10.2. The van der Waals surface area contributed by atoms with Gasteiger partial charge in [-0.25, -0.2) is 0 Å². The van der Waals surface area contributed by atoms with E-state index < -0.39 is 0 Å². The Balaban J connectivity index is 2.11. The maximum atomic E-state index is 11.9. The molecule has 1 saturated heterocycles. The molecule has 1 atom stereocenters. The number of hydrogen-bond donors (Lipinski definition) is 2. The van der Waals surface area contributed by atoms with Crippen LogP contribution in [0.15, 0.2) is 18.5 Å². The summed E-state index contributed by atoms with van der Waals surface area (Å²) in [6, 6.07) is 2.03. The fourth-order valence-electron chi connectivity index (χ4n) is 1.97. The summed E-state index contributed by atoms with van der Waals surface area (Å²) < 4.78 is 0. The average molecular weight is 193 g/mol. The molecule has 76 valence electrons. The standard InChI is InChI=1S/C10H15N3O/c11-6-9-2-1-5-13(9)10(14)8-3-4-12-7-8/h3-4,7,9,12H,1-2,5-6,11H2. The first-order chi connectivity index (χ1) is 6.83. The molecular weight excluding hydrogens is 178 g/mol. The second-order valence-corrected chi connectivity index (χ2v) is 3.63. The van der Waals surface area contributed by atoms with Gasteiger partial charge in [0.15, 0.2) is 0 Å².